The maximum Gasteiger partial charge on any atom is 0.242 e. The maximum absolute atomic E-state index is 12.4. The van der Waals surface area contributed by atoms with Crippen molar-refractivity contribution in [1.82, 2.24) is 9.29 Å². The Morgan fingerprint density at radius 2 is 1.81 bits per heavy atom. The van der Waals surface area contributed by atoms with Crippen LogP contribution >= 0.6 is 0 Å². The number of hydrogen-bond acceptors (Lipinski definition) is 3. The van der Waals surface area contributed by atoms with E-state index in [-0.39, 0.29) is 12.1 Å². The van der Waals surface area contributed by atoms with Gasteiger partial charge in [0.1, 0.15) is 0 Å². The van der Waals surface area contributed by atoms with Gasteiger partial charge in [0.2, 0.25) is 10.0 Å². The van der Waals surface area contributed by atoms with E-state index >= 15 is 0 Å². The standard InChI is InChI=1S/C15H29N3O2S/c1-11(2)6-7-13(5)17-21(19,20)15-8-14(9-16)18(10-15)12(3)4/h8,10-13,17H,6-7,9,16H2,1-5H3. The Labute approximate surface area is 129 Å². The second-order valence-electron chi connectivity index (χ2n) is 6.37. The number of hydrogen-bond donors (Lipinski definition) is 2. The number of rotatable bonds is 8. The van der Waals surface area contributed by atoms with Crippen LogP contribution in [0.3, 0.4) is 0 Å². The molecule has 0 amide bonds. The quantitative estimate of drug-likeness (QED) is 0.774. The Kier molecular flexibility index (Phi) is 6.43. The molecule has 0 spiro atoms. The van der Waals surface area contributed by atoms with Crippen LogP contribution in [-0.4, -0.2) is 19.0 Å². The minimum atomic E-state index is -3.48. The summed E-state index contributed by atoms with van der Waals surface area (Å²) < 4.78 is 29.5. The molecule has 6 heteroatoms. The van der Waals surface area contributed by atoms with Crippen LogP contribution in [-0.2, 0) is 16.6 Å². The van der Waals surface area contributed by atoms with Crippen molar-refractivity contribution in [3.63, 3.8) is 0 Å². The van der Waals surface area contributed by atoms with E-state index in [9.17, 15) is 8.42 Å². The van der Waals surface area contributed by atoms with E-state index in [1.165, 1.54) is 0 Å². The molecule has 21 heavy (non-hydrogen) atoms. The summed E-state index contributed by atoms with van der Waals surface area (Å²) >= 11 is 0. The number of sulfonamides is 1. The second kappa shape index (κ2) is 7.42. The van der Waals surface area contributed by atoms with Crippen LogP contribution in [0.15, 0.2) is 17.2 Å². The molecule has 122 valence electrons. The highest BCUT2D eigenvalue weighted by Gasteiger charge is 2.21. The van der Waals surface area contributed by atoms with Gasteiger partial charge < -0.3 is 10.3 Å². The molecule has 0 aliphatic heterocycles. The Morgan fingerprint density at radius 3 is 2.24 bits per heavy atom. The van der Waals surface area contributed by atoms with Crippen molar-refractivity contribution in [3.8, 4) is 0 Å². The van der Waals surface area contributed by atoms with Gasteiger partial charge in [0.25, 0.3) is 0 Å². The minimum Gasteiger partial charge on any atom is -0.346 e. The molecule has 5 nitrogen and oxygen atoms in total. The van der Waals surface area contributed by atoms with E-state index in [0.29, 0.717) is 17.4 Å². The minimum absolute atomic E-state index is 0.0684. The zero-order valence-corrected chi connectivity index (χ0v) is 14.6. The van der Waals surface area contributed by atoms with Crippen molar-refractivity contribution in [2.75, 3.05) is 0 Å². The smallest absolute Gasteiger partial charge is 0.242 e. The molecule has 0 fully saturated rings. The van der Waals surface area contributed by atoms with Crippen LogP contribution < -0.4 is 10.5 Å². The van der Waals surface area contributed by atoms with Crippen LogP contribution in [0.2, 0.25) is 0 Å². The monoisotopic (exact) mass is 315 g/mol. The molecular weight excluding hydrogens is 286 g/mol. The molecule has 1 unspecified atom stereocenters. The van der Waals surface area contributed by atoms with Gasteiger partial charge in [0.05, 0.1) is 4.90 Å². The van der Waals surface area contributed by atoms with E-state index < -0.39 is 10.0 Å². The SMILES string of the molecule is CC(C)CCC(C)NS(=O)(=O)c1cc(CN)n(C(C)C)c1. The lowest BCUT2D eigenvalue weighted by atomic mass is 10.1. The van der Waals surface area contributed by atoms with Crippen molar-refractivity contribution < 1.29 is 8.42 Å². The molecule has 0 saturated carbocycles. The zero-order chi connectivity index (χ0) is 16.2. The number of aromatic nitrogens is 1. The van der Waals surface area contributed by atoms with Crippen molar-refractivity contribution >= 4 is 10.0 Å². The van der Waals surface area contributed by atoms with Gasteiger partial charge in [-0.15, -0.1) is 0 Å². The van der Waals surface area contributed by atoms with E-state index in [4.69, 9.17) is 5.73 Å². The summed E-state index contributed by atoms with van der Waals surface area (Å²) in [5.41, 5.74) is 6.52. The third-order valence-electron chi connectivity index (χ3n) is 3.52. The van der Waals surface area contributed by atoms with Gasteiger partial charge in [0.15, 0.2) is 0 Å². The fraction of sp³-hybridized carbons (Fsp3) is 0.733. The van der Waals surface area contributed by atoms with Crippen LogP contribution in [0.5, 0.6) is 0 Å². The van der Waals surface area contributed by atoms with Crippen molar-refractivity contribution in [3.05, 3.63) is 18.0 Å². The summed E-state index contributed by atoms with van der Waals surface area (Å²) in [6.45, 7) is 10.5. The van der Waals surface area contributed by atoms with E-state index in [0.717, 1.165) is 18.5 Å². The van der Waals surface area contributed by atoms with Crippen LogP contribution in [0.4, 0.5) is 0 Å². The lowest BCUT2D eigenvalue weighted by molar-refractivity contribution is 0.485. The number of nitrogens with zero attached hydrogens (tertiary/aromatic N) is 1. The van der Waals surface area contributed by atoms with Gasteiger partial charge in [-0.05, 0) is 45.6 Å². The van der Waals surface area contributed by atoms with E-state index in [1.54, 1.807) is 12.3 Å². The maximum atomic E-state index is 12.4. The zero-order valence-electron chi connectivity index (χ0n) is 13.8. The van der Waals surface area contributed by atoms with Gasteiger partial charge in [-0.2, -0.15) is 0 Å². The normalized spacial score (nSPS) is 14.1. The first-order chi connectivity index (χ1) is 9.67. The average molecular weight is 315 g/mol. The number of nitrogens with two attached hydrogens (primary N) is 1. The molecule has 0 aliphatic carbocycles. The molecule has 1 atom stereocenters. The van der Waals surface area contributed by atoms with Gasteiger partial charge >= 0.3 is 0 Å². The molecule has 0 bridgehead atoms. The third-order valence-corrected chi connectivity index (χ3v) is 5.07. The lowest BCUT2D eigenvalue weighted by Crippen LogP contribution is -2.32. The molecular formula is C15H29N3O2S. The van der Waals surface area contributed by atoms with Crippen LogP contribution in [0, 0.1) is 5.92 Å². The summed E-state index contributed by atoms with van der Waals surface area (Å²) in [6.07, 6.45) is 3.51. The van der Waals surface area contributed by atoms with Crippen LogP contribution in [0.1, 0.15) is 59.2 Å². The Morgan fingerprint density at radius 1 is 1.19 bits per heavy atom. The van der Waals surface area contributed by atoms with Crippen molar-refractivity contribution in [1.29, 1.82) is 0 Å². The summed E-state index contributed by atoms with van der Waals surface area (Å²) in [4.78, 5) is 0.299. The van der Waals surface area contributed by atoms with Gasteiger partial charge in [-0.3, -0.25) is 0 Å². The first kappa shape index (κ1) is 18.2. The first-order valence-corrected chi connectivity index (χ1v) is 9.08. The molecule has 1 heterocycles. The predicted molar refractivity (Wildman–Crippen MR) is 86.6 cm³/mol. The van der Waals surface area contributed by atoms with Crippen molar-refractivity contribution in [2.24, 2.45) is 11.7 Å². The van der Waals surface area contributed by atoms with Crippen LogP contribution in [0.25, 0.3) is 0 Å². The van der Waals surface area contributed by atoms with E-state index in [2.05, 4.69) is 18.6 Å². The molecule has 0 aliphatic rings. The fourth-order valence-electron chi connectivity index (χ4n) is 2.26. The van der Waals surface area contributed by atoms with Crippen molar-refractivity contribution in [2.45, 2.75) is 71.0 Å². The molecule has 3 N–H and O–H groups in total. The largest absolute Gasteiger partial charge is 0.346 e. The van der Waals surface area contributed by atoms with Gasteiger partial charge in [-0.1, -0.05) is 13.8 Å². The lowest BCUT2D eigenvalue weighted by Gasteiger charge is -2.14. The first-order valence-electron chi connectivity index (χ1n) is 7.60. The highest BCUT2D eigenvalue weighted by Crippen LogP contribution is 2.19. The highest BCUT2D eigenvalue weighted by atomic mass is 32.2. The highest BCUT2D eigenvalue weighted by molar-refractivity contribution is 7.89. The Bertz CT molecular complexity index is 547. The summed E-state index contributed by atoms with van der Waals surface area (Å²) in [6, 6.07) is 1.78. The third kappa shape index (κ3) is 5.13. The predicted octanol–water partition coefficient (Wildman–Crippen LogP) is 2.63. The summed E-state index contributed by atoms with van der Waals surface area (Å²) in [5, 5.41) is 0. The second-order valence-corrected chi connectivity index (χ2v) is 8.08. The summed E-state index contributed by atoms with van der Waals surface area (Å²) in [5.74, 6) is 0.572. The molecule has 1 rings (SSSR count). The summed E-state index contributed by atoms with van der Waals surface area (Å²) in [7, 11) is -3.48. The average Bonchev–Trinajstić information content (AvgIpc) is 2.80. The molecule has 0 saturated heterocycles. The fourth-order valence-corrected chi connectivity index (χ4v) is 3.59. The van der Waals surface area contributed by atoms with Gasteiger partial charge in [-0.25, -0.2) is 13.1 Å². The Hall–Kier alpha value is -0.850. The molecule has 1 aromatic heterocycles. The van der Waals surface area contributed by atoms with E-state index in [1.807, 2.05) is 25.3 Å². The number of nitrogens with one attached hydrogen (secondary N) is 1. The molecule has 1 aromatic rings. The topological polar surface area (TPSA) is 77.1 Å². The molecule has 0 radical (unpaired) electrons. The Balaban J connectivity index is 2.88. The molecule has 0 aromatic carbocycles. The van der Waals surface area contributed by atoms with Gasteiger partial charge in [0, 0.05) is 30.5 Å².